The Hall–Kier alpha value is -0.900. The van der Waals surface area contributed by atoms with Crippen molar-refractivity contribution in [3.05, 3.63) is 22.7 Å². The van der Waals surface area contributed by atoms with E-state index in [4.69, 9.17) is 0 Å². The average Bonchev–Trinajstić information content (AvgIpc) is 2.47. The summed E-state index contributed by atoms with van der Waals surface area (Å²) in [6, 6.07) is 6.01. The maximum atomic E-state index is 4.12. The normalized spacial score (nSPS) is 11.4. The van der Waals surface area contributed by atoms with Crippen LogP contribution in [0.2, 0.25) is 0 Å². The van der Waals surface area contributed by atoms with Crippen molar-refractivity contribution in [1.82, 2.24) is 15.0 Å². The van der Waals surface area contributed by atoms with Gasteiger partial charge in [-0.3, -0.25) is 0 Å². The lowest BCUT2D eigenvalue weighted by Crippen LogP contribution is -2.05. The van der Waals surface area contributed by atoms with E-state index in [-0.39, 0.29) is 0 Å². The van der Waals surface area contributed by atoms with E-state index in [0.717, 1.165) is 22.1 Å². The van der Waals surface area contributed by atoms with Crippen LogP contribution in [0.25, 0.3) is 11.0 Å². The smallest absolute Gasteiger partial charge is 0.113 e. The molecule has 0 aliphatic carbocycles. The summed E-state index contributed by atoms with van der Waals surface area (Å²) in [5, 5.41) is 8.23. The molecule has 3 nitrogen and oxygen atoms in total. The second-order valence-electron chi connectivity index (χ2n) is 3.80. The zero-order valence-electron chi connectivity index (χ0n) is 8.24. The van der Waals surface area contributed by atoms with Crippen molar-refractivity contribution in [2.45, 2.75) is 20.4 Å². The first-order valence-electron chi connectivity index (χ1n) is 4.65. The molecule has 0 amide bonds. The molecule has 0 bridgehead atoms. The Morgan fingerprint density at radius 2 is 2.21 bits per heavy atom. The second kappa shape index (κ2) is 3.69. The molecule has 0 unspecified atom stereocenters. The minimum atomic E-state index is 0.582. The molecule has 0 saturated carbocycles. The summed E-state index contributed by atoms with van der Waals surface area (Å²) < 4.78 is 3.02. The molecule has 2 aromatic rings. The summed E-state index contributed by atoms with van der Waals surface area (Å²) in [7, 11) is 0. The third kappa shape index (κ3) is 1.80. The van der Waals surface area contributed by atoms with Crippen LogP contribution in [0.3, 0.4) is 0 Å². The number of fused-ring (bicyclic) bond motifs is 1. The van der Waals surface area contributed by atoms with Gasteiger partial charge in [-0.25, -0.2) is 4.68 Å². The van der Waals surface area contributed by atoms with Crippen LogP contribution >= 0.6 is 15.9 Å². The lowest BCUT2D eigenvalue weighted by Gasteiger charge is -2.04. The number of halogens is 1. The number of hydrogen-bond donors (Lipinski definition) is 0. The Bertz CT molecular complexity index is 448. The Labute approximate surface area is 91.2 Å². The maximum absolute atomic E-state index is 4.12. The molecule has 0 aliphatic heterocycles. The van der Waals surface area contributed by atoms with Crippen molar-refractivity contribution >= 4 is 27.0 Å². The molecule has 14 heavy (non-hydrogen) atoms. The molecule has 0 spiro atoms. The quantitative estimate of drug-likeness (QED) is 0.825. The molecule has 74 valence electrons. The summed E-state index contributed by atoms with van der Waals surface area (Å²) in [4.78, 5) is 0. The summed E-state index contributed by atoms with van der Waals surface area (Å²) in [6.45, 7) is 5.25. The van der Waals surface area contributed by atoms with Gasteiger partial charge in [0.15, 0.2) is 0 Å². The molecule has 0 radical (unpaired) electrons. The summed E-state index contributed by atoms with van der Waals surface area (Å²) in [6.07, 6.45) is 0. The maximum Gasteiger partial charge on any atom is 0.113 e. The summed E-state index contributed by atoms with van der Waals surface area (Å²) >= 11 is 3.45. The average molecular weight is 254 g/mol. The minimum Gasteiger partial charge on any atom is -0.244 e. The van der Waals surface area contributed by atoms with E-state index in [1.165, 1.54) is 0 Å². The first-order chi connectivity index (χ1) is 6.66. The van der Waals surface area contributed by atoms with Gasteiger partial charge in [0.05, 0.1) is 5.52 Å². The van der Waals surface area contributed by atoms with Crippen molar-refractivity contribution in [3.8, 4) is 0 Å². The van der Waals surface area contributed by atoms with Crippen LogP contribution in [0.5, 0.6) is 0 Å². The van der Waals surface area contributed by atoms with Crippen LogP contribution in [-0.4, -0.2) is 15.0 Å². The van der Waals surface area contributed by atoms with Crippen molar-refractivity contribution in [3.63, 3.8) is 0 Å². The summed E-state index contributed by atoms with van der Waals surface area (Å²) in [5.74, 6) is 0.582. The number of nitrogens with zero attached hydrogens (tertiary/aromatic N) is 3. The highest BCUT2D eigenvalue weighted by atomic mass is 79.9. The molecule has 0 fully saturated rings. The Morgan fingerprint density at radius 1 is 1.43 bits per heavy atom. The molecule has 1 aromatic heterocycles. The van der Waals surface area contributed by atoms with Gasteiger partial charge in [-0.2, -0.15) is 0 Å². The molecular formula is C10H12BrN3. The first kappa shape index (κ1) is 9.65. The van der Waals surface area contributed by atoms with Gasteiger partial charge in [-0.1, -0.05) is 35.0 Å². The van der Waals surface area contributed by atoms with Crippen molar-refractivity contribution < 1.29 is 0 Å². The van der Waals surface area contributed by atoms with Crippen LogP contribution in [0, 0.1) is 5.92 Å². The van der Waals surface area contributed by atoms with Crippen LogP contribution in [0.4, 0.5) is 0 Å². The fraction of sp³-hybridized carbons (Fsp3) is 0.400. The predicted octanol–water partition coefficient (Wildman–Crippen LogP) is 2.85. The van der Waals surface area contributed by atoms with Crippen LogP contribution in [0.15, 0.2) is 22.7 Å². The Morgan fingerprint density at radius 3 is 2.93 bits per heavy atom. The van der Waals surface area contributed by atoms with E-state index in [1.807, 2.05) is 16.8 Å². The van der Waals surface area contributed by atoms with E-state index in [1.54, 1.807) is 0 Å². The number of hydrogen-bond acceptors (Lipinski definition) is 2. The van der Waals surface area contributed by atoms with Crippen molar-refractivity contribution in [2.75, 3.05) is 0 Å². The van der Waals surface area contributed by atoms with Crippen LogP contribution in [0.1, 0.15) is 13.8 Å². The van der Waals surface area contributed by atoms with Crippen molar-refractivity contribution in [2.24, 2.45) is 5.92 Å². The van der Waals surface area contributed by atoms with E-state index in [0.29, 0.717) is 5.92 Å². The highest BCUT2D eigenvalue weighted by molar-refractivity contribution is 9.10. The topological polar surface area (TPSA) is 30.7 Å². The van der Waals surface area contributed by atoms with E-state index < -0.39 is 0 Å². The number of aromatic nitrogens is 3. The Kier molecular flexibility index (Phi) is 2.54. The fourth-order valence-electron chi connectivity index (χ4n) is 1.42. The van der Waals surface area contributed by atoms with Crippen LogP contribution < -0.4 is 0 Å². The van der Waals surface area contributed by atoms with Gasteiger partial charge in [0.2, 0.25) is 0 Å². The zero-order chi connectivity index (χ0) is 10.1. The predicted molar refractivity (Wildman–Crippen MR) is 60.1 cm³/mol. The fourth-order valence-corrected chi connectivity index (χ4v) is 1.77. The van der Waals surface area contributed by atoms with Gasteiger partial charge in [-0.15, -0.1) is 5.10 Å². The molecule has 0 N–H and O–H groups in total. The molecule has 4 heteroatoms. The van der Waals surface area contributed by atoms with Gasteiger partial charge in [0, 0.05) is 11.0 Å². The third-order valence-corrected chi connectivity index (χ3v) is 2.51. The molecule has 0 aliphatic rings. The van der Waals surface area contributed by atoms with Crippen LogP contribution in [-0.2, 0) is 6.54 Å². The molecular weight excluding hydrogens is 242 g/mol. The van der Waals surface area contributed by atoms with E-state index in [2.05, 4.69) is 46.2 Å². The number of benzene rings is 1. The highest BCUT2D eigenvalue weighted by Crippen LogP contribution is 2.18. The lowest BCUT2D eigenvalue weighted by atomic mass is 10.2. The molecule has 1 aromatic carbocycles. The van der Waals surface area contributed by atoms with Gasteiger partial charge < -0.3 is 0 Å². The largest absolute Gasteiger partial charge is 0.244 e. The van der Waals surface area contributed by atoms with Gasteiger partial charge in [0.25, 0.3) is 0 Å². The molecule has 0 saturated heterocycles. The minimum absolute atomic E-state index is 0.582. The molecule has 0 atom stereocenters. The standard InChI is InChI=1S/C10H12BrN3/c1-7(2)6-14-10-5-8(11)3-4-9(10)12-13-14/h3-5,7H,6H2,1-2H3. The zero-order valence-corrected chi connectivity index (χ0v) is 9.82. The van der Waals surface area contributed by atoms with Gasteiger partial charge in [-0.05, 0) is 24.1 Å². The van der Waals surface area contributed by atoms with Gasteiger partial charge in [0.1, 0.15) is 5.52 Å². The first-order valence-corrected chi connectivity index (χ1v) is 5.45. The van der Waals surface area contributed by atoms with E-state index >= 15 is 0 Å². The molecule has 1 heterocycles. The van der Waals surface area contributed by atoms with Gasteiger partial charge >= 0.3 is 0 Å². The number of rotatable bonds is 2. The lowest BCUT2D eigenvalue weighted by molar-refractivity contribution is 0.483. The third-order valence-electron chi connectivity index (χ3n) is 2.01. The molecule has 2 rings (SSSR count). The van der Waals surface area contributed by atoms with E-state index in [9.17, 15) is 0 Å². The monoisotopic (exact) mass is 253 g/mol. The SMILES string of the molecule is CC(C)Cn1nnc2ccc(Br)cc21. The van der Waals surface area contributed by atoms with Crippen molar-refractivity contribution in [1.29, 1.82) is 0 Å². The Balaban J connectivity index is 2.50. The summed E-state index contributed by atoms with van der Waals surface area (Å²) in [5.41, 5.74) is 2.04. The second-order valence-corrected chi connectivity index (χ2v) is 4.71. The highest BCUT2D eigenvalue weighted by Gasteiger charge is 2.05.